The van der Waals surface area contributed by atoms with E-state index in [1.165, 1.54) is 0 Å². The molecule has 7 nitrogen and oxygen atoms in total. The quantitative estimate of drug-likeness (QED) is 0.908. The first-order valence-electron chi connectivity index (χ1n) is 8.36. The second-order valence-electron chi connectivity index (χ2n) is 6.06. The van der Waals surface area contributed by atoms with Crippen molar-refractivity contribution in [3.05, 3.63) is 35.2 Å². The molecule has 1 N–H and O–H groups in total. The maximum Gasteiger partial charge on any atom is 0.261 e. The number of nitrogens with one attached hydrogen (secondary N) is 1. The van der Waals surface area contributed by atoms with Gasteiger partial charge in [-0.3, -0.25) is 14.9 Å². The third kappa shape index (κ3) is 3.39. The molecule has 0 aliphatic carbocycles. The second kappa shape index (κ2) is 6.98. The summed E-state index contributed by atoms with van der Waals surface area (Å²) >= 11 is 0. The number of aromatic nitrogens is 4. The Morgan fingerprint density at radius 1 is 1.38 bits per heavy atom. The van der Waals surface area contributed by atoms with Crippen LogP contribution < -0.4 is 4.74 Å². The van der Waals surface area contributed by atoms with E-state index in [0.717, 1.165) is 36.5 Å². The number of likely N-dealkylation sites (tertiary alicyclic amines) is 1. The van der Waals surface area contributed by atoms with Crippen LogP contribution in [0.3, 0.4) is 0 Å². The van der Waals surface area contributed by atoms with Crippen LogP contribution in [0.15, 0.2) is 12.1 Å². The lowest BCUT2D eigenvalue weighted by Gasteiger charge is -2.22. The van der Waals surface area contributed by atoms with Crippen LogP contribution in [0.1, 0.15) is 48.8 Å². The number of rotatable bonds is 5. The molecule has 24 heavy (non-hydrogen) atoms. The van der Waals surface area contributed by atoms with Gasteiger partial charge in [-0.1, -0.05) is 6.92 Å². The Hall–Kier alpha value is -2.44. The molecule has 1 fully saturated rings. The normalized spacial score (nSPS) is 17.3. The summed E-state index contributed by atoms with van der Waals surface area (Å²) < 4.78 is 5.74. The molecule has 1 aliphatic heterocycles. The van der Waals surface area contributed by atoms with E-state index >= 15 is 0 Å². The van der Waals surface area contributed by atoms with Crippen LogP contribution in [0.5, 0.6) is 5.75 Å². The first kappa shape index (κ1) is 16.4. The van der Waals surface area contributed by atoms with Crippen LogP contribution in [0, 0.1) is 13.8 Å². The summed E-state index contributed by atoms with van der Waals surface area (Å²) in [6.07, 6.45) is 2.61. The number of carbonyl (C=O) groups is 1. The highest BCUT2D eigenvalue weighted by Crippen LogP contribution is 2.30. The average molecular weight is 329 g/mol. The summed E-state index contributed by atoms with van der Waals surface area (Å²) in [5, 5.41) is 7.05. The lowest BCUT2D eigenvalue weighted by Crippen LogP contribution is -2.35. The molecule has 1 atom stereocenters. The minimum Gasteiger partial charge on any atom is -0.482 e. The third-order valence-corrected chi connectivity index (χ3v) is 4.24. The maximum absolute atomic E-state index is 12.6. The third-order valence-electron chi connectivity index (χ3n) is 4.24. The van der Waals surface area contributed by atoms with Gasteiger partial charge in [0.2, 0.25) is 0 Å². The molecule has 2 aromatic heterocycles. The van der Waals surface area contributed by atoms with Crippen LogP contribution in [-0.4, -0.2) is 44.1 Å². The van der Waals surface area contributed by atoms with Crippen LogP contribution in [0.25, 0.3) is 0 Å². The molecule has 0 radical (unpaired) electrons. The summed E-state index contributed by atoms with van der Waals surface area (Å²) in [5.41, 5.74) is 1.83. The van der Waals surface area contributed by atoms with E-state index in [4.69, 9.17) is 4.74 Å². The van der Waals surface area contributed by atoms with Crippen LogP contribution in [-0.2, 0) is 11.2 Å². The summed E-state index contributed by atoms with van der Waals surface area (Å²) in [6.45, 7) is 6.56. The molecule has 0 bridgehead atoms. The zero-order chi connectivity index (χ0) is 17.1. The highest BCUT2D eigenvalue weighted by Gasteiger charge is 2.32. The Labute approximate surface area is 141 Å². The molecule has 2 aromatic rings. The van der Waals surface area contributed by atoms with Crippen molar-refractivity contribution in [1.29, 1.82) is 0 Å². The Kier molecular flexibility index (Phi) is 4.78. The topological polar surface area (TPSA) is 84.0 Å². The molecule has 3 rings (SSSR count). The number of H-pyrrole nitrogens is 1. The highest BCUT2D eigenvalue weighted by atomic mass is 16.5. The Morgan fingerprint density at radius 3 is 2.92 bits per heavy atom. The molecule has 1 saturated heterocycles. The van der Waals surface area contributed by atoms with Gasteiger partial charge in [0.15, 0.2) is 12.4 Å². The van der Waals surface area contributed by atoms with E-state index in [0.29, 0.717) is 18.1 Å². The predicted molar refractivity (Wildman–Crippen MR) is 88.7 cm³/mol. The van der Waals surface area contributed by atoms with Gasteiger partial charge in [-0.15, -0.1) is 0 Å². The first-order valence-corrected chi connectivity index (χ1v) is 8.36. The minimum atomic E-state index is -0.0622. The fourth-order valence-electron chi connectivity index (χ4n) is 3.05. The van der Waals surface area contributed by atoms with Gasteiger partial charge in [-0.25, -0.2) is 4.98 Å². The maximum atomic E-state index is 12.6. The van der Waals surface area contributed by atoms with Crippen molar-refractivity contribution in [1.82, 2.24) is 25.1 Å². The second-order valence-corrected chi connectivity index (χ2v) is 6.06. The Morgan fingerprint density at radius 2 is 2.21 bits per heavy atom. The van der Waals surface area contributed by atoms with Crippen LogP contribution in [0.2, 0.25) is 0 Å². The van der Waals surface area contributed by atoms with E-state index in [-0.39, 0.29) is 18.6 Å². The molecule has 3 heterocycles. The first-order chi connectivity index (χ1) is 11.6. The number of carbonyl (C=O) groups excluding carboxylic acids is 1. The average Bonchev–Trinajstić information content (AvgIpc) is 3.21. The van der Waals surface area contributed by atoms with Crippen molar-refractivity contribution < 1.29 is 9.53 Å². The van der Waals surface area contributed by atoms with Gasteiger partial charge >= 0.3 is 0 Å². The fraction of sp³-hybridized carbons (Fsp3) is 0.529. The number of ether oxygens (including phenoxy) is 1. The van der Waals surface area contributed by atoms with Gasteiger partial charge < -0.3 is 9.64 Å². The van der Waals surface area contributed by atoms with Gasteiger partial charge in [0.1, 0.15) is 11.6 Å². The van der Waals surface area contributed by atoms with Crippen molar-refractivity contribution in [2.75, 3.05) is 13.2 Å². The molecule has 0 unspecified atom stereocenters. The number of hydrogen-bond donors (Lipinski definition) is 1. The summed E-state index contributed by atoms with van der Waals surface area (Å²) in [7, 11) is 0. The molecule has 7 heteroatoms. The predicted octanol–water partition coefficient (Wildman–Crippen LogP) is 2.12. The van der Waals surface area contributed by atoms with Gasteiger partial charge in [0.25, 0.3) is 5.91 Å². The van der Waals surface area contributed by atoms with Gasteiger partial charge in [-0.05, 0) is 45.2 Å². The molecule has 1 amide bonds. The largest absolute Gasteiger partial charge is 0.482 e. The van der Waals surface area contributed by atoms with Crippen molar-refractivity contribution in [2.24, 2.45) is 0 Å². The number of aryl methyl sites for hydroxylation is 3. The van der Waals surface area contributed by atoms with Crippen molar-refractivity contribution in [3.63, 3.8) is 0 Å². The van der Waals surface area contributed by atoms with E-state index in [1.54, 1.807) is 0 Å². The summed E-state index contributed by atoms with van der Waals surface area (Å²) in [4.78, 5) is 23.2. The number of hydrogen-bond acceptors (Lipinski definition) is 5. The Balaban J connectivity index is 1.66. The Bertz CT molecular complexity index is 728. The SMILES string of the molecule is CCc1nc(C)ccc1OCC(=O)N1CCC[C@H]1c1n[nH]c(C)n1. The molecule has 128 valence electrons. The monoisotopic (exact) mass is 329 g/mol. The highest BCUT2D eigenvalue weighted by molar-refractivity contribution is 5.78. The molecule has 0 saturated carbocycles. The zero-order valence-corrected chi connectivity index (χ0v) is 14.4. The van der Waals surface area contributed by atoms with Crippen molar-refractivity contribution >= 4 is 5.91 Å². The number of pyridine rings is 1. The number of amides is 1. The summed E-state index contributed by atoms with van der Waals surface area (Å²) in [6, 6.07) is 3.72. The van der Waals surface area contributed by atoms with Crippen molar-refractivity contribution in [2.45, 2.75) is 46.1 Å². The van der Waals surface area contributed by atoms with E-state index in [9.17, 15) is 4.79 Å². The molecular weight excluding hydrogens is 306 g/mol. The molecule has 0 aromatic carbocycles. The number of aromatic amines is 1. The van der Waals surface area contributed by atoms with Gasteiger partial charge in [0, 0.05) is 12.2 Å². The zero-order valence-electron chi connectivity index (χ0n) is 14.4. The van der Waals surface area contributed by atoms with E-state index < -0.39 is 0 Å². The summed E-state index contributed by atoms with van der Waals surface area (Å²) in [5.74, 6) is 2.09. The van der Waals surface area contributed by atoms with Crippen LogP contribution in [0.4, 0.5) is 0 Å². The van der Waals surface area contributed by atoms with Crippen molar-refractivity contribution in [3.8, 4) is 5.75 Å². The van der Waals surface area contributed by atoms with Gasteiger partial charge in [-0.2, -0.15) is 5.10 Å². The molecule has 0 spiro atoms. The standard InChI is InChI=1S/C17H23N5O2/c1-4-13-15(8-7-11(2)18-13)24-10-16(23)22-9-5-6-14(22)17-19-12(3)20-21-17/h7-8,14H,4-6,9-10H2,1-3H3,(H,19,20,21)/t14-/m0/s1. The number of nitrogens with zero attached hydrogens (tertiary/aromatic N) is 4. The fourth-order valence-corrected chi connectivity index (χ4v) is 3.05. The smallest absolute Gasteiger partial charge is 0.261 e. The van der Waals surface area contributed by atoms with E-state index in [2.05, 4.69) is 20.2 Å². The lowest BCUT2D eigenvalue weighted by molar-refractivity contribution is -0.134. The molecular formula is C17H23N5O2. The minimum absolute atomic E-state index is 0.0116. The van der Waals surface area contributed by atoms with Crippen LogP contribution >= 0.6 is 0 Å². The lowest BCUT2D eigenvalue weighted by atomic mass is 10.2. The van der Waals surface area contributed by atoms with E-state index in [1.807, 2.05) is 37.8 Å². The molecule has 1 aliphatic rings. The van der Waals surface area contributed by atoms with Gasteiger partial charge in [0.05, 0.1) is 11.7 Å².